The smallest absolute Gasteiger partial charge is 0.175 e. The van der Waals surface area contributed by atoms with Gasteiger partial charge in [0.25, 0.3) is 0 Å². The Hall–Kier alpha value is -2.63. The average Bonchev–Trinajstić information content (AvgIpc) is 2.77. The third kappa shape index (κ3) is 5.96. The van der Waals surface area contributed by atoms with Gasteiger partial charge in [0.1, 0.15) is 0 Å². The summed E-state index contributed by atoms with van der Waals surface area (Å²) in [4.78, 5) is 2.87. The predicted octanol–water partition coefficient (Wildman–Crippen LogP) is 4.64. The number of nitrogens with one attached hydrogen (secondary N) is 1. The van der Waals surface area contributed by atoms with E-state index >= 15 is 0 Å². The minimum absolute atomic E-state index is 0.379. The van der Waals surface area contributed by atoms with Crippen molar-refractivity contribution in [3.8, 4) is 0 Å². The molecule has 162 valence electrons. The first kappa shape index (κ1) is 21.6. The van der Waals surface area contributed by atoms with Gasteiger partial charge in [-0.15, -0.1) is 0 Å². The number of benzene rings is 3. The number of nitrogens with zero attached hydrogens (tertiary/aromatic N) is 1. The van der Waals surface area contributed by atoms with E-state index < -0.39 is 9.84 Å². The standard InChI is InChI=1S/C26H30N2O2S/c1-31(29,30)25-14-12-22(13-15-25)19-28-17-16-26(27-24-10-6-3-7-11-24)23(20-28)18-21-8-4-2-5-9-21/h2-15,23,26-27H,16-20H2,1H3/t23-,26+/m0/s1. The van der Waals surface area contributed by atoms with E-state index in [1.165, 1.54) is 17.5 Å². The summed E-state index contributed by atoms with van der Waals surface area (Å²) in [6.45, 7) is 2.87. The minimum atomic E-state index is -3.15. The molecule has 1 N–H and O–H groups in total. The molecule has 0 bridgehead atoms. The molecule has 0 spiro atoms. The number of hydrogen-bond donors (Lipinski definition) is 1. The fourth-order valence-corrected chi connectivity index (χ4v) is 5.04. The number of rotatable bonds is 7. The van der Waals surface area contributed by atoms with Crippen molar-refractivity contribution in [2.24, 2.45) is 5.92 Å². The van der Waals surface area contributed by atoms with Crippen molar-refractivity contribution in [2.75, 3.05) is 24.7 Å². The highest BCUT2D eigenvalue weighted by molar-refractivity contribution is 7.90. The molecule has 31 heavy (non-hydrogen) atoms. The maximum atomic E-state index is 11.7. The summed E-state index contributed by atoms with van der Waals surface area (Å²) in [5.74, 6) is 0.492. The van der Waals surface area contributed by atoms with Gasteiger partial charge < -0.3 is 5.32 Å². The Bertz CT molecular complexity index is 1070. The number of hydrogen-bond acceptors (Lipinski definition) is 4. The molecular formula is C26H30N2O2S. The summed E-state index contributed by atoms with van der Waals surface area (Å²) < 4.78 is 23.4. The van der Waals surface area contributed by atoms with E-state index in [1.807, 2.05) is 18.2 Å². The van der Waals surface area contributed by atoms with Crippen LogP contribution >= 0.6 is 0 Å². The van der Waals surface area contributed by atoms with Gasteiger partial charge in [-0.1, -0.05) is 60.7 Å². The van der Waals surface area contributed by atoms with Crippen LogP contribution in [0.2, 0.25) is 0 Å². The molecule has 5 heteroatoms. The molecule has 1 aliphatic rings. The van der Waals surface area contributed by atoms with Crippen LogP contribution in [0.3, 0.4) is 0 Å². The van der Waals surface area contributed by atoms with Gasteiger partial charge in [-0.05, 0) is 54.2 Å². The molecule has 0 aromatic heterocycles. The second kappa shape index (κ2) is 9.67. The van der Waals surface area contributed by atoms with Crippen molar-refractivity contribution in [3.63, 3.8) is 0 Å². The molecule has 3 aromatic rings. The van der Waals surface area contributed by atoms with E-state index in [0.29, 0.717) is 16.9 Å². The van der Waals surface area contributed by atoms with Crippen LogP contribution in [0.15, 0.2) is 89.8 Å². The van der Waals surface area contributed by atoms with Crippen molar-refractivity contribution < 1.29 is 8.42 Å². The van der Waals surface area contributed by atoms with Crippen LogP contribution < -0.4 is 5.32 Å². The lowest BCUT2D eigenvalue weighted by Crippen LogP contribution is -2.46. The zero-order valence-corrected chi connectivity index (χ0v) is 18.8. The van der Waals surface area contributed by atoms with Crippen LogP contribution in [0.1, 0.15) is 17.5 Å². The van der Waals surface area contributed by atoms with E-state index in [9.17, 15) is 8.42 Å². The average molecular weight is 435 g/mol. The van der Waals surface area contributed by atoms with E-state index in [-0.39, 0.29) is 0 Å². The number of anilines is 1. The molecule has 1 heterocycles. The van der Waals surface area contributed by atoms with Gasteiger partial charge in [-0.3, -0.25) is 4.90 Å². The zero-order chi connectivity index (χ0) is 21.7. The highest BCUT2D eigenvalue weighted by atomic mass is 32.2. The maximum absolute atomic E-state index is 11.7. The molecule has 4 nitrogen and oxygen atoms in total. The molecule has 1 fully saturated rings. The van der Waals surface area contributed by atoms with Crippen LogP contribution in [-0.2, 0) is 22.8 Å². The van der Waals surface area contributed by atoms with Crippen molar-refractivity contribution in [3.05, 3.63) is 96.1 Å². The fraction of sp³-hybridized carbons (Fsp3) is 0.308. The second-order valence-corrected chi connectivity index (χ2v) is 10.5. The van der Waals surface area contributed by atoms with E-state index in [4.69, 9.17) is 0 Å². The molecule has 4 rings (SSSR count). The molecule has 3 aromatic carbocycles. The minimum Gasteiger partial charge on any atom is -0.382 e. The van der Waals surface area contributed by atoms with Gasteiger partial charge in [0.2, 0.25) is 0 Å². The first-order chi connectivity index (χ1) is 15.0. The van der Waals surface area contributed by atoms with Gasteiger partial charge in [0, 0.05) is 37.6 Å². The Morgan fingerprint density at radius 1 is 0.871 bits per heavy atom. The first-order valence-electron chi connectivity index (χ1n) is 10.8. The maximum Gasteiger partial charge on any atom is 0.175 e. The largest absolute Gasteiger partial charge is 0.382 e. The van der Waals surface area contributed by atoms with Crippen molar-refractivity contribution in [1.29, 1.82) is 0 Å². The molecule has 2 atom stereocenters. The summed E-state index contributed by atoms with van der Waals surface area (Å²) in [6.07, 6.45) is 3.36. The Balaban J connectivity index is 1.46. The topological polar surface area (TPSA) is 49.4 Å². The van der Waals surface area contributed by atoms with Gasteiger partial charge in [0.15, 0.2) is 9.84 Å². The van der Waals surface area contributed by atoms with Crippen molar-refractivity contribution in [1.82, 2.24) is 4.90 Å². The summed E-state index contributed by atoms with van der Waals surface area (Å²) in [5, 5.41) is 3.77. The van der Waals surface area contributed by atoms with E-state index in [2.05, 4.69) is 64.8 Å². The van der Waals surface area contributed by atoms with Crippen molar-refractivity contribution >= 4 is 15.5 Å². The van der Waals surface area contributed by atoms with Gasteiger partial charge in [-0.2, -0.15) is 0 Å². The molecule has 1 aliphatic heterocycles. The zero-order valence-electron chi connectivity index (χ0n) is 17.9. The SMILES string of the molecule is CS(=O)(=O)c1ccc(CN2CC[C@@H](Nc3ccccc3)[C@@H](Cc3ccccc3)C2)cc1. The van der Waals surface area contributed by atoms with Crippen LogP contribution in [0.5, 0.6) is 0 Å². The normalized spacial score (nSPS) is 19.8. The van der Waals surface area contributed by atoms with Crippen LogP contribution in [-0.4, -0.2) is 38.7 Å². The van der Waals surface area contributed by atoms with Crippen LogP contribution in [0.25, 0.3) is 0 Å². The lowest BCUT2D eigenvalue weighted by Gasteiger charge is -2.39. The third-order valence-electron chi connectivity index (χ3n) is 6.04. The summed E-state index contributed by atoms with van der Waals surface area (Å²) in [7, 11) is -3.15. The predicted molar refractivity (Wildman–Crippen MR) is 127 cm³/mol. The molecule has 0 radical (unpaired) electrons. The highest BCUT2D eigenvalue weighted by Crippen LogP contribution is 2.26. The Morgan fingerprint density at radius 2 is 1.52 bits per heavy atom. The van der Waals surface area contributed by atoms with E-state index in [1.54, 1.807) is 12.1 Å². The quantitative estimate of drug-likeness (QED) is 0.589. The Kier molecular flexibility index (Phi) is 6.73. The molecule has 1 saturated heterocycles. The lowest BCUT2D eigenvalue weighted by molar-refractivity contribution is 0.155. The molecule has 0 amide bonds. The Labute approximate surface area is 185 Å². The number of piperidine rings is 1. The Morgan fingerprint density at radius 3 is 2.16 bits per heavy atom. The molecule has 0 unspecified atom stereocenters. The number of sulfone groups is 1. The summed E-state index contributed by atoms with van der Waals surface area (Å²) >= 11 is 0. The monoisotopic (exact) mass is 434 g/mol. The van der Waals surface area contributed by atoms with E-state index in [0.717, 1.165) is 38.0 Å². The third-order valence-corrected chi connectivity index (χ3v) is 7.17. The van der Waals surface area contributed by atoms with Crippen molar-refractivity contribution in [2.45, 2.75) is 30.3 Å². The molecular weight excluding hydrogens is 404 g/mol. The number of para-hydroxylation sites is 1. The summed E-state index contributed by atoms with van der Waals surface area (Å²) in [6, 6.07) is 28.9. The first-order valence-corrected chi connectivity index (χ1v) is 12.7. The van der Waals surface area contributed by atoms with Gasteiger partial charge >= 0.3 is 0 Å². The highest BCUT2D eigenvalue weighted by Gasteiger charge is 2.29. The van der Waals surface area contributed by atoms with Gasteiger partial charge in [-0.25, -0.2) is 8.42 Å². The molecule has 0 saturated carbocycles. The van der Waals surface area contributed by atoms with Crippen LogP contribution in [0, 0.1) is 5.92 Å². The fourth-order valence-electron chi connectivity index (χ4n) is 4.41. The molecule has 0 aliphatic carbocycles. The summed E-state index contributed by atoms with van der Waals surface area (Å²) in [5.41, 5.74) is 3.70. The van der Waals surface area contributed by atoms with Gasteiger partial charge in [0.05, 0.1) is 4.90 Å². The second-order valence-electron chi connectivity index (χ2n) is 8.51. The lowest BCUT2D eigenvalue weighted by atomic mass is 9.86. The number of likely N-dealkylation sites (tertiary alicyclic amines) is 1. The van der Waals surface area contributed by atoms with Crippen LogP contribution in [0.4, 0.5) is 5.69 Å².